The second-order valence-corrected chi connectivity index (χ2v) is 3.82. The number of carbonyl (C=O) groups is 1. The Morgan fingerprint density at radius 3 is 2.40 bits per heavy atom. The van der Waals surface area contributed by atoms with E-state index in [4.69, 9.17) is 5.11 Å². The molecule has 0 amide bonds. The highest BCUT2D eigenvalue weighted by Gasteiger charge is 2.17. The summed E-state index contributed by atoms with van der Waals surface area (Å²) >= 11 is 0. The van der Waals surface area contributed by atoms with Crippen molar-refractivity contribution in [2.24, 2.45) is 0 Å². The summed E-state index contributed by atoms with van der Waals surface area (Å²) in [4.78, 5) is 11.1. The summed E-state index contributed by atoms with van der Waals surface area (Å²) in [6.07, 6.45) is 2.52. The van der Waals surface area contributed by atoms with Gasteiger partial charge in [-0.25, -0.2) is 0 Å². The molecule has 0 fully saturated rings. The minimum absolute atomic E-state index is 0.430. The van der Waals surface area contributed by atoms with Crippen LogP contribution in [0.4, 0.5) is 0 Å². The summed E-state index contributed by atoms with van der Waals surface area (Å²) < 4.78 is 0. The molecule has 0 heterocycles. The first kappa shape index (κ1) is 11.5. The molecule has 0 saturated heterocycles. The van der Waals surface area contributed by atoms with E-state index in [2.05, 4.69) is 0 Å². The van der Waals surface area contributed by atoms with Gasteiger partial charge in [-0.1, -0.05) is 42.0 Å². The third kappa shape index (κ3) is 3.58. The van der Waals surface area contributed by atoms with Crippen molar-refractivity contribution in [2.45, 2.75) is 26.2 Å². The molecule has 0 saturated carbocycles. The molecule has 2 heteroatoms. The number of benzene rings is 1. The van der Waals surface area contributed by atoms with Crippen molar-refractivity contribution in [3.63, 3.8) is 0 Å². The van der Waals surface area contributed by atoms with E-state index in [1.165, 1.54) is 0 Å². The van der Waals surface area contributed by atoms with Gasteiger partial charge in [-0.3, -0.25) is 4.79 Å². The fourth-order valence-electron chi connectivity index (χ4n) is 1.42. The van der Waals surface area contributed by atoms with Gasteiger partial charge in [0.25, 0.3) is 0 Å². The second kappa shape index (κ2) is 5.35. The van der Waals surface area contributed by atoms with Gasteiger partial charge in [0, 0.05) is 0 Å². The predicted octanol–water partition coefficient (Wildman–Crippen LogP) is 3.21. The van der Waals surface area contributed by atoms with E-state index in [1.807, 2.05) is 50.3 Å². The van der Waals surface area contributed by atoms with Gasteiger partial charge in [0.2, 0.25) is 0 Å². The topological polar surface area (TPSA) is 37.3 Å². The molecule has 0 aromatic heterocycles. The van der Waals surface area contributed by atoms with Crippen LogP contribution in [-0.4, -0.2) is 11.1 Å². The first-order chi connectivity index (χ1) is 7.11. The zero-order valence-electron chi connectivity index (χ0n) is 9.10. The maximum atomic E-state index is 11.1. The van der Waals surface area contributed by atoms with E-state index in [0.717, 1.165) is 11.1 Å². The summed E-state index contributed by atoms with van der Waals surface area (Å²) in [6, 6.07) is 9.35. The van der Waals surface area contributed by atoms with Crippen molar-refractivity contribution in [2.75, 3.05) is 0 Å². The van der Waals surface area contributed by atoms with Gasteiger partial charge in [0.15, 0.2) is 0 Å². The summed E-state index contributed by atoms with van der Waals surface area (Å²) in [5.74, 6) is -1.19. The summed E-state index contributed by atoms with van der Waals surface area (Å²) in [5, 5.41) is 9.11. The van der Waals surface area contributed by atoms with Crippen LogP contribution in [0.25, 0.3) is 0 Å². The Labute approximate surface area is 90.3 Å². The highest BCUT2D eigenvalue weighted by atomic mass is 16.4. The SMILES string of the molecule is CC(C)=CCC(C(=O)O)c1ccccc1. The zero-order chi connectivity index (χ0) is 11.3. The maximum Gasteiger partial charge on any atom is 0.311 e. The Balaban J connectivity index is 2.85. The molecule has 1 N–H and O–H groups in total. The summed E-state index contributed by atoms with van der Waals surface area (Å²) in [6.45, 7) is 3.95. The molecule has 0 aliphatic carbocycles. The number of hydrogen-bond acceptors (Lipinski definition) is 1. The van der Waals surface area contributed by atoms with Crippen LogP contribution in [0, 0.1) is 0 Å². The Hall–Kier alpha value is -1.57. The van der Waals surface area contributed by atoms with Crippen molar-refractivity contribution in [3.05, 3.63) is 47.5 Å². The lowest BCUT2D eigenvalue weighted by atomic mass is 9.95. The van der Waals surface area contributed by atoms with Crippen LogP contribution in [0.3, 0.4) is 0 Å². The fourth-order valence-corrected chi connectivity index (χ4v) is 1.42. The minimum Gasteiger partial charge on any atom is -0.481 e. The molecule has 1 atom stereocenters. The van der Waals surface area contributed by atoms with Crippen LogP contribution < -0.4 is 0 Å². The number of carboxylic acid groups (broad SMARTS) is 1. The first-order valence-corrected chi connectivity index (χ1v) is 5.02. The number of hydrogen-bond donors (Lipinski definition) is 1. The lowest BCUT2D eigenvalue weighted by Gasteiger charge is -2.10. The Morgan fingerprint density at radius 2 is 1.93 bits per heavy atom. The quantitative estimate of drug-likeness (QED) is 0.764. The Bertz CT molecular complexity index is 348. The van der Waals surface area contributed by atoms with E-state index >= 15 is 0 Å². The van der Waals surface area contributed by atoms with Crippen LogP contribution in [0.2, 0.25) is 0 Å². The molecule has 0 bridgehead atoms. The standard InChI is InChI=1S/C13H16O2/c1-10(2)8-9-12(13(14)15)11-6-4-3-5-7-11/h3-8,12H,9H2,1-2H3,(H,14,15). The monoisotopic (exact) mass is 204 g/mol. The average Bonchev–Trinajstić information content (AvgIpc) is 2.18. The van der Waals surface area contributed by atoms with Crippen molar-refractivity contribution >= 4 is 5.97 Å². The third-order valence-corrected chi connectivity index (χ3v) is 2.26. The lowest BCUT2D eigenvalue weighted by Crippen LogP contribution is -2.10. The van der Waals surface area contributed by atoms with Gasteiger partial charge < -0.3 is 5.11 Å². The van der Waals surface area contributed by atoms with Crippen molar-refractivity contribution in [1.82, 2.24) is 0 Å². The van der Waals surface area contributed by atoms with E-state index < -0.39 is 11.9 Å². The van der Waals surface area contributed by atoms with Crippen molar-refractivity contribution < 1.29 is 9.90 Å². The molecule has 80 valence electrons. The molecule has 0 aliphatic heterocycles. The Kier molecular flexibility index (Phi) is 4.10. The van der Waals surface area contributed by atoms with Crippen LogP contribution >= 0.6 is 0 Å². The highest BCUT2D eigenvalue weighted by molar-refractivity contribution is 5.76. The molecule has 1 rings (SSSR count). The fraction of sp³-hybridized carbons (Fsp3) is 0.308. The van der Waals surface area contributed by atoms with Gasteiger partial charge in [0.05, 0.1) is 5.92 Å². The van der Waals surface area contributed by atoms with Gasteiger partial charge in [-0.15, -0.1) is 0 Å². The first-order valence-electron chi connectivity index (χ1n) is 5.02. The molecule has 0 aliphatic rings. The van der Waals surface area contributed by atoms with E-state index in [-0.39, 0.29) is 0 Å². The van der Waals surface area contributed by atoms with Crippen molar-refractivity contribution in [1.29, 1.82) is 0 Å². The average molecular weight is 204 g/mol. The molecule has 1 aromatic carbocycles. The van der Waals surface area contributed by atoms with E-state index in [0.29, 0.717) is 6.42 Å². The number of allylic oxidation sites excluding steroid dienone is 2. The minimum atomic E-state index is -0.765. The lowest BCUT2D eigenvalue weighted by molar-refractivity contribution is -0.138. The second-order valence-electron chi connectivity index (χ2n) is 3.82. The molecule has 15 heavy (non-hydrogen) atoms. The third-order valence-electron chi connectivity index (χ3n) is 2.26. The number of rotatable bonds is 4. The molecule has 1 aromatic rings. The number of carboxylic acids is 1. The van der Waals surface area contributed by atoms with E-state index in [1.54, 1.807) is 0 Å². The summed E-state index contributed by atoms with van der Waals surface area (Å²) in [5.41, 5.74) is 2.01. The maximum absolute atomic E-state index is 11.1. The summed E-state index contributed by atoms with van der Waals surface area (Å²) in [7, 11) is 0. The Morgan fingerprint density at radius 1 is 1.33 bits per heavy atom. The van der Waals surface area contributed by atoms with Crippen LogP contribution in [-0.2, 0) is 4.79 Å². The normalized spacial score (nSPS) is 11.9. The van der Waals surface area contributed by atoms with Gasteiger partial charge in [-0.2, -0.15) is 0 Å². The van der Waals surface area contributed by atoms with Crippen molar-refractivity contribution in [3.8, 4) is 0 Å². The van der Waals surface area contributed by atoms with Gasteiger partial charge >= 0.3 is 5.97 Å². The van der Waals surface area contributed by atoms with Crippen LogP contribution in [0.5, 0.6) is 0 Å². The van der Waals surface area contributed by atoms with Gasteiger partial charge in [-0.05, 0) is 25.8 Å². The molecule has 0 spiro atoms. The van der Waals surface area contributed by atoms with Crippen LogP contribution in [0.15, 0.2) is 42.0 Å². The largest absolute Gasteiger partial charge is 0.481 e. The molecular weight excluding hydrogens is 188 g/mol. The molecule has 0 radical (unpaired) electrons. The van der Waals surface area contributed by atoms with Crippen LogP contribution in [0.1, 0.15) is 31.7 Å². The molecular formula is C13H16O2. The highest BCUT2D eigenvalue weighted by Crippen LogP contribution is 2.20. The smallest absolute Gasteiger partial charge is 0.311 e. The predicted molar refractivity (Wildman–Crippen MR) is 60.9 cm³/mol. The van der Waals surface area contributed by atoms with Gasteiger partial charge in [0.1, 0.15) is 0 Å². The van der Waals surface area contributed by atoms with E-state index in [9.17, 15) is 4.79 Å². The number of aliphatic carboxylic acids is 1. The molecule has 2 nitrogen and oxygen atoms in total. The zero-order valence-corrected chi connectivity index (χ0v) is 9.10. The molecule has 1 unspecified atom stereocenters.